The molecule has 1 heterocycles. The highest BCUT2D eigenvalue weighted by molar-refractivity contribution is 14.1. The number of nitrogens with zero attached hydrogens (tertiary/aromatic N) is 1. The number of halogens is 3. The molecule has 4 heteroatoms. The lowest BCUT2D eigenvalue weighted by molar-refractivity contribution is 0.511. The van der Waals surface area contributed by atoms with Gasteiger partial charge in [-0.15, -0.1) is 0 Å². The molecule has 0 aromatic carbocycles. The van der Waals surface area contributed by atoms with Gasteiger partial charge in [-0.1, -0.05) is 0 Å². The van der Waals surface area contributed by atoms with Crippen LogP contribution in [0.15, 0.2) is 12.1 Å². The number of rotatable bonds is 0. The number of hydrogen-bond acceptors (Lipinski definition) is 1. The summed E-state index contributed by atoms with van der Waals surface area (Å²) in [5.41, 5.74) is 0. The van der Waals surface area contributed by atoms with Gasteiger partial charge in [0, 0.05) is 15.7 Å². The molecule has 1 rings (SSSR count). The van der Waals surface area contributed by atoms with Gasteiger partial charge in [0.05, 0.1) is 0 Å². The Labute approximate surface area is 64.2 Å². The Hall–Kier alpha value is -0.260. The first-order valence-electron chi connectivity index (χ1n) is 2.17. The van der Waals surface area contributed by atoms with Crippen LogP contribution < -0.4 is 0 Å². The SMILES string of the molecule is Fc1cc(I)cc(F)n1. The van der Waals surface area contributed by atoms with Crippen LogP contribution in [-0.4, -0.2) is 4.98 Å². The van der Waals surface area contributed by atoms with Crippen LogP contribution in [0.5, 0.6) is 0 Å². The lowest BCUT2D eigenvalue weighted by atomic mass is 10.5. The zero-order valence-electron chi connectivity index (χ0n) is 4.24. The minimum atomic E-state index is -0.778. The van der Waals surface area contributed by atoms with Crippen molar-refractivity contribution in [2.24, 2.45) is 0 Å². The molecule has 0 spiro atoms. The molecule has 0 fully saturated rings. The second-order valence-corrected chi connectivity index (χ2v) is 2.68. The molecule has 1 nitrogen and oxygen atoms in total. The second kappa shape index (κ2) is 2.55. The lowest BCUT2D eigenvalue weighted by Gasteiger charge is -1.88. The van der Waals surface area contributed by atoms with Gasteiger partial charge in [0.25, 0.3) is 0 Å². The summed E-state index contributed by atoms with van der Waals surface area (Å²) in [5.74, 6) is -1.56. The van der Waals surface area contributed by atoms with Gasteiger partial charge in [-0.3, -0.25) is 0 Å². The maximum Gasteiger partial charge on any atom is 0.216 e. The van der Waals surface area contributed by atoms with E-state index in [2.05, 4.69) is 4.98 Å². The monoisotopic (exact) mass is 241 g/mol. The highest BCUT2D eigenvalue weighted by Gasteiger charge is 1.96. The number of pyridine rings is 1. The summed E-state index contributed by atoms with van der Waals surface area (Å²) in [7, 11) is 0. The van der Waals surface area contributed by atoms with Gasteiger partial charge < -0.3 is 0 Å². The summed E-state index contributed by atoms with van der Waals surface area (Å²) in [6.45, 7) is 0. The molecular weight excluding hydrogens is 239 g/mol. The Morgan fingerprint density at radius 3 is 2.00 bits per heavy atom. The van der Waals surface area contributed by atoms with Crippen molar-refractivity contribution in [2.45, 2.75) is 0 Å². The van der Waals surface area contributed by atoms with Gasteiger partial charge in [0.1, 0.15) is 0 Å². The molecule has 0 aliphatic rings. The molecule has 0 saturated carbocycles. The van der Waals surface area contributed by atoms with Crippen LogP contribution in [-0.2, 0) is 0 Å². The molecule has 0 saturated heterocycles. The quantitative estimate of drug-likeness (QED) is 0.499. The fourth-order valence-electron chi connectivity index (χ4n) is 0.436. The minimum Gasteiger partial charge on any atom is -0.191 e. The predicted molar refractivity (Wildman–Crippen MR) is 36.9 cm³/mol. The largest absolute Gasteiger partial charge is 0.216 e. The summed E-state index contributed by atoms with van der Waals surface area (Å²) >= 11 is 1.81. The molecule has 0 N–H and O–H groups in total. The second-order valence-electron chi connectivity index (χ2n) is 1.43. The van der Waals surface area contributed by atoms with Gasteiger partial charge in [0.15, 0.2) is 0 Å². The first-order chi connectivity index (χ1) is 4.18. The van der Waals surface area contributed by atoms with E-state index in [0.29, 0.717) is 3.57 Å². The van der Waals surface area contributed by atoms with E-state index in [4.69, 9.17) is 0 Å². The van der Waals surface area contributed by atoms with Gasteiger partial charge in [-0.25, -0.2) is 0 Å². The van der Waals surface area contributed by atoms with Crippen LogP contribution in [0.2, 0.25) is 0 Å². The predicted octanol–water partition coefficient (Wildman–Crippen LogP) is 1.96. The molecule has 0 atom stereocenters. The Bertz CT molecular complexity index is 176. The van der Waals surface area contributed by atoms with E-state index < -0.39 is 11.9 Å². The maximum atomic E-state index is 12.1. The molecule has 0 radical (unpaired) electrons. The van der Waals surface area contributed by atoms with Crippen molar-refractivity contribution < 1.29 is 8.78 Å². The van der Waals surface area contributed by atoms with E-state index in [1.54, 1.807) is 0 Å². The molecule has 0 aliphatic carbocycles. The van der Waals surface area contributed by atoms with Crippen molar-refractivity contribution in [2.75, 3.05) is 0 Å². The van der Waals surface area contributed by atoms with Crippen molar-refractivity contribution >= 4 is 22.6 Å². The highest BCUT2D eigenvalue weighted by atomic mass is 127. The smallest absolute Gasteiger partial charge is 0.191 e. The molecular formula is C5H2F2IN. The number of hydrogen-bond donors (Lipinski definition) is 0. The average molecular weight is 241 g/mol. The van der Waals surface area contributed by atoms with Crippen LogP contribution in [0.1, 0.15) is 0 Å². The first kappa shape index (κ1) is 6.85. The summed E-state index contributed by atoms with van der Waals surface area (Å²) in [5, 5.41) is 0. The van der Waals surface area contributed by atoms with Crippen molar-refractivity contribution in [3.8, 4) is 0 Å². The van der Waals surface area contributed by atoms with Crippen LogP contribution in [0.3, 0.4) is 0 Å². The molecule has 0 aliphatic heterocycles. The van der Waals surface area contributed by atoms with E-state index in [1.807, 2.05) is 22.6 Å². The van der Waals surface area contributed by atoms with Crippen molar-refractivity contribution in [3.63, 3.8) is 0 Å². The van der Waals surface area contributed by atoms with E-state index in [9.17, 15) is 8.78 Å². The van der Waals surface area contributed by atoms with Gasteiger partial charge in [0.2, 0.25) is 11.9 Å². The Kier molecular flexibility index (Phi) is 1.94. The van der Waals surface area contributed by atoms with E-state index in [-0.39, 0.29) is 0 Å². The minimum absolute atomic E-state index is 0.512. The lowest BCUT2D eigenvalue weighted by Crippen LogP contribution is -1.87. The standard InChI is InChI=1S/C5H2F2IN/c6-4-1-3(8)2-5(7)9-4/h1-2H. The third-order valence-electron chi connectivity index (χ3n) is 0.728. The summed E-state index contributed by atoms with van der Waals surface area (Å²) in [4.78, 5) is 2.90. The Morgan fingerprint density at radius 2 is 1.67 bits per heavy atom. The van der Waals surface area contributed by atoms with E-state index in [0.717, 1.165) is 12.1 Å². The third-order valence-corrected chi connectivity index (χ3v) is 1.35. The molecule has 0 bridgehead atoms. The molecule has 1 aromatic heterocycles. The van der Waals surface area contributed by atoms with Crippen LogP contribution >= 0.6 is 22.6 Å². The van der Waals surface area contributed by atoms with Crippen molar-refractivity contribution in [1.82, 2.24) is 4.98 Å². The van der Waals surface area contributed by atoms with Crippen LogP contribution in [0.4, 0.5) is 8.78 Å². The zero-order valence-corrected chi connectivity index (χ0v) is 6.39. The van der Waals surface area contributed by atoms with Crippen molar-refractivity contribution in [1.29, 1.82) is 0 Å². The van der Waals surface area contributed by atoms with Crippen LogP contribution in [0, 0.1) is 15.5 Å². The fraction of sp³-hybridized carbons (Fsp3) is 0. The molecule has 1 aromatic rings. The topological polar surface area (TPSA) is 12.9 Å². The summed E-state index contributed by atoms with van der Waals surface area (Å²) in [6.07, 6.45) is 0. The third kappa shape index (κ3) is 1.85. The van der Waals surface area contributed by atoms with Gasteiger partial charge in [-0.2, -0.15) is 13.8 Å². The van der Waals surface area contributed by atoms with Gasteiger partial charge >= 0.3 is 0 Å². The first-order valence-corrected chi connectivity index (χ1v) is 3.25. The Morgan fingerprint density at radius 1 is 1.22 bits per heavy atom. The normalized spacial score (nSPS) is 9.67. The summed E-state index contributed by atoms with van der Waals surface area (Å²) in [6, 6.07) is 2.31. The maximum absolute atomic E-state index is 12.1. The molecule has 9 heavy (non-hydrogen) atoms. The van der Waals surface area contributed by atoms with E-state index in [1.165, 1.54) is 0 Å². The molecule has 0 unspecified atom stereocenters. The summed E-state index contributed by atoms with van der Waals surface area (Å²) < 4.78 is 24.7. The zero-order chi connectivity index (χ0) is 6.85. The van der Waals surface area contributed by atoms with Crippen LogP contribution in [0.25, 0.3) is 0 Å². The Balaban J connectivity index is 3.17. The number of aromatic nitrogens is 1. The molecule has 48 valence electrons. The fourth-order valence-corrected chi connectivity index (χ4v) is 0.950. The average Bonchev–Trinajstić information content (AvgIpc) is 1.59. The van der Waals surface area contributed by atoms with Gasteiger partial charge in [-0.05, 0) is 22.6 Å². The van der Waals surface area contributed by atoms with Crippen molar-refractivity contribution in [3.05, 3.63) is 27.6 Å². The highest BCUT2D eigenvalue weighted by Crippen LogP contribution is 2.05. The molecule has 0 amide bonds. The van der Waals surface area contributed by atoms with E-state index >= 15 is 0 Å².